The van der Waals surface area contributed by atoms with E-state index < -0.39 is 5.54 Å². The van der Waals surface area contributed by atoms with E-state index in [1.165, 1.54) is 12.0 Å². The first-order valence-electron chi connectivity index (χ1n) is 11.8. The minimum Gasteiger partial charge on any atom is -0.434 e. The summed E-state index contributed by atoms with van der Waals surface area (Å²) in [4.78, 5) is 22.3. The van der Waals surface area contributed by atoms with Crippen LogP contribution in [0.25, 0.3) is 16.8 Å². The van der Waals surface area contributed by atoms with Crippen LogP contribution < -0.4 is 10.6 Å². The lowest BCUT2D eigenvalue weighted by Gasteiger charge is -2.42. The van der Waals surface area contributed by atoms with Gasteiger partial charge in [-0.1, -0.05) is 37.8 Å². The molecule has 1 aliphatic carbocycles. The Morgan fingerprint density at radius 3 is 2.56 bits per heavy atom. The molecule has 172 valence electrons. The molecule has 8 heteroatoms. The second kappa shape index (κ2) is 8.27. The van der Waals surface area contributed by atoms with Crippen molar-refractivity contribution >= 4 is 40.1 Å². The number of amides is 2. The molecule has 1 saturated heterocycles. The van der Waals surface area contributed by atoms with Crippen molar-refractivity contribution < 1.29 is 9.21 Å². The van der Waals surface area contributed by atoms with Crippen LogP contribution in [0.15, 0.2) is 16.1 Å². The number of allylic oxidation sites excluding steroid dienone is 1. The molecule has 2 fully saturated rings. The van der Waals surface area contributed by atoms with Crippen LogP contribution in [-0.4, -0.2) is 53.5 Å². The number of piperazine rings is 1. The number of aromatic nitrogens is 1. The van der Waals surface area contributed by atoms with Crippen molar-refractivity contribution in [2.75, 3.05) is 38.0 Å². The van der Waals surface area contributed by atoms with E-state index in [-0.39, 0.29) is 6.03 Å². The van der Waals surface area contributed by atoms with Gasteiger partial charge in [0.15, 0.2) is 5.58 Å². The van der Waals surface area contributed by atoms with Crippen molar-refractivity contribution in [3.63, 3.8) is 0 Å². The predicted molar refractivity (Wildman–Crippen MR) is 128 cm³/mol. The average Bonchev–Trinajstić information content (AvgIpc) is 3.17. The minimum absolute atomic E-state index is 0.195. The molecule has 0 unspecified atom stereocenters. The van der Waals surface area contributed by atoms with Crippen molar-refractivity contribution in [3.8, 4) is 0 Å². The van der Waals surface area contributed by atoms with E-state index in [0.29, 0.717) is 16.6 Å². The number of rotatable bonds is 3. The Morgan fingerprint density at radius 2 is 1.91 bits per heavy atom. The molecule has 2 N–H and O–H groups in total. The van der Waals surface area contributed by atoms with Gasteiger partial charge < -0.3 is 24.9 Å². The fourth-order valence-corrected chi connectivity index (χ4v) is 5.87. The molecule has 3 heterocycles. The quantitative estimate of drug-likeness (QED) is 0.665. The third-order valence-corrected chi connectivity index (χ3v) is 7.52. The summed E-state index contributed by atoms with van der Waals surface area (Å²) in [6.45, 7) is 11.5. The summed E-state index contributed by atoms with van der Waals surface area (Å²) in [5, 5.41) is 6.67. The summed E-state index contributed by atoms with van der Waals surface area (Å²) >= 11 is 6.67. The summed E-state index contributed by atoms with van der Waals surface area (Å²) in [6.07, 6.45) is 5.07. The van der Waals surface area contributed by atoms with Gasteiger partial charge in [0.05, 0.1) is 21.9 Å². The molecule has 1 aromatic heterocycles. The van der Waals surface area contributed by atoms with Crippen molar-refractivity contribution in [1.29, 1.82) is 0 Å². The second-order valence-corrected chi connectivity index (χ2v) is 9.87. The number of hydrogen-bond acceptors (Lipinski definition) is 5. The van der Waals surface area contributed by atoms with Crippen molar-refractivity contribution in [2.45, 2.75) is 58.4 Å². The predicted octanol–water partition coefficient (Wildman–Crippen LogP) is 5.16. The lowest BCUT2D eigenvalue weighted by Crippen LogP contribution is -2.52. The smallest absolute Gasteiger partial charge is 0.319 e. The second-order valence-electron chi connectivity index (χ2n) is 9.47. The Morgan fingerprint density at radius 1 is 1.19 bits per heavy atom. The zero-order chi connectivity index (χ0) is 22.5. The molecular formula is C24H32ClN5O2. The first-order chi connectivity index (χ1) is 15.4. The molecule has 1 aromatic carbocycles. The van der Waals surface area contributed by atoms with Gasteiger partial charge >= 0.3 is 6.03 Å². The number of benzene rings is 1. The Hall–Kier alpha value is -2.25. The number of likely N-dealkylation sites (N-methyl/N-ethyl adjacent to an activating group) is 1. The van der Waals surface area contributed by atoms with Gasteiger partial charge in [0, 0.05) is 31.7 Å². The fourth-order valence-electron chi connectivity index (χ4n) is 5.62. The van der Waals surface area contributed by atoms with Crippen LogP contribution in [0.4, 0.5) is 10.5 Å². The Labute approximate surface area is 194 Å². The number of nitrogens with one attached hydrogen (secondary N) is 2. The molecule has 3 aliphatic rings. The van der Waals surface area contributed by atoms with Crippen LogP contribution in [0.2, 0.25) is 5.02 Å². The van der Waals surface area contributed by atoms with E-state index in [1.54, 1.807) is 0 Å². The SMILES string of the molecule is CCN1CCN(C(=C(C)C)c2nc3cc(Cl)c4c(c3o2)C2(CCCCC2)NC(=O)N4)CC1. The van der Waals surface area contributed by atoms with E-state index in [0.717, 1.165) is 80.8 Å². The summed E-state index contributed by atoms with van der Waals surface area (Å²) in [6, 6.07) is 1.63. The van der Waals surface area contributed by atoms with E-state index in [9.17, 15) is 4.79 Å². The van der Waals surface area contributed by atoms with Crippen molar-refractivity contribution in [3.05, 3.63) is 28.1 Å². The fraction of sp³-hybridized carbons (Fsp3) is 0.583. The van der Waals surface area contributed by atoms with Gasteiger partial charge in [-0.15, -0.1) is 0 Å². The summed E-state index contributed by atoms with van der Waals surface area (Å²) in [5.74, 6) is 0.636. The summed E-state index contributed by atoms with van der Waals surface area (Å²) in [5.41, 5.74) is 4.91. The molecule has 0 radical (unpaired) electrons. The van der Waals surface area contributed by atoms with Gasteiger partial charge in [-0.3, -0.25) is 0 Å². The highest BCUT2D eigenvalue weighted by atomic mass is 35.5. The number of anilines is 1. The summed E-state index contributed by atoms with van der Waals surface area (Å²) < 4.78 is 6.54. The number of carbonyl (C=O) groups is 1. The Balaban J connectivity index is 1.62. The molecule has 1 spiro atoms. The number of carbonyl (C=O) groups excluding carboxylic acids is 1. The minimum atomic E-state index is -0.451. The monoisotopic (exact) mass is 457 g/mol. The topological polar surface area (TPSA) is 73.6 Å². The van der Waals surface area contributed by atoms with Crippen LogP contribution in [0.1, 0.15) is 64.3 Å². The van der Waals surface area contributed by atoms with Crippen molar-refractivity contribution in [1.82, 2.24) is 20.1 Å². The maximum Gasteiger partial charge on any atom is 0.319 e. The largest absolute Gasteiger partial charge is 0.434 e. The number of nitrogens with zero attached hydrogens (tertiary/aromatic N) is 3. The summed E-state index contributed by atoms with van der Waals surface area (Å²) in [7, 11) is 0. The molecular weight excluding hydrogens is 426 g/mol. The maximum atomic E-state index is 12.5. The zero-order valence-corrected chi connectivity index (χ0v) is 19.9. The van der Waals surface area contributed by atoms with Gasteiger partial charge in [0.1, 0.15) is 5.52 Å². The third-order valence-electron chi connectivity index (χ3n) is 7.22. The molecule has 0 atom stereocenters. The number of oxazole rings is 1. The molecule has 5 rings (SSSR count). The first kappa shape index (κ1) is 21.6. The molecule has 1 saturated carbocycles. The maximum absolute atomic E-state index is 12.5. The lowest BCUT2D eigenvalue weighted by molar-refractivity contribution is 0.180. The van der Waals surface area contributed by atoms with E-state index in [4.69, 9.17) is 21.0 Å². The van der Waals surface area contributed by atoms with Gasteiger partial charge in [-0.2, -0.15) is 0 Å². The van der Waals surface area contributed by atoms with Crippen LogP contribution in [0.3, 0.4) is 0 Å². The van der Waals surface area contributed by atoms with E-state index in [2.05, 4.69) is 41.2 Å². The van der Waals surface area contributed by atoms with Gasteiger partial charge in [-0.05, 0) is 44.9 Å². The average molecular weight is 458 g/mol. The van der Waals surface area contributed by atoms with Crippen LogP contribution in [-0.2, 0) is 5.54 Å². The lowest BCUT2D eigenvalue weighted by atomic mass is 9.74. The van der Waals surface area contributed by atoms with Crippen molar-refractivity contribution in [2.24, 2.45) is 0 Å². The molecule has 2 aromatic rings. The van der Waals surface area contributed by atoms with Gasteiger partial charge in [0.25, 0.3) is 0 Å². The van der Waals surface area contributed by atoms with Crippen LogP contribution in [0.5, 0.6) is 0 Å². The van der Waals surface area contributed by atoms with E-state index in [1.807, 2.05) is 6.07 Å². The number of hydrogen-bond donors (Lipinski definition) is 2. The highest BCUT2D eigenvalue weighted by molar-refractivity contribution is 6.35. The highest BCUT2D eigenvalue weighted by Gasteiger charge is 2.44. The molecule has 2 amide bonds. The van der Waals surface area contributed by atoms with Crippen LogP contribution in [0, 0.1) is 0 Å². The molecule has 0 bridgehead atoms. The third kappa shape index (κ3) is 3.55. The molecule has 7 nitrogen and oxygen atoms in total. The van der Waals surface area contributed by atoms with Crippen LogP contribution >= 0.6 is 11.6 Å². The normalized spacial score (nSPS) is 20.8. The first-order valence-corrected chi connectivity index (χ1v) is 12.2. The standard InChI is InChI=1S/C24H32ClN5O2/c1-4-29-10-12-30(13-11-29)20(15(2)3)22-26-17-14-16(25)19-18(21(17)32-22)24(28-23(31)27-19)8-6-5-7-9-24/h14H,4-13H2,1-3H3,(H2,27,28,31). The highest BCUT2D eigenvalue weighted by Crippen LogP contribution is 2.49. The van der Waals surface area contributed by atoms with Gasteiger partial charge in [-0.25, -0.2) is 9.78 Å². The molecule has 2 aliphatic heterocycles. The number of urea groups is 1. The number of halogens is 1. The Kier molecular flexibility index (Phi) is 5.58. The van der Waals surface area contributed by atoms with Gasteiger partial charge in [0.2, 0.25) is 5.89 Å². The number of fused-ring (bicyclic) bond motifs is 4. The Bertz CT molecular complexity index is 1070. The molecule has 32 heavy (non-hydrogen) atoms. The zero-order valence-electron chi connectivity index (χ0n) is 19.2. The van der Waals surface area contributed by atoms with E-state index >= 15 is 0 Å².